The molecule has 0 unspecified atom stereocenters. The minimum Gasteiger partial charge on any atom is -0.370 e. The Morgan fingerprint density at radius 2 is 2.29 bits per heavy atom. The van der Waals surface area contributed by atoms with Gasteiger partial charge in [0, 0.05) is 12.0 Å². The van der Waals surface area contributed by atoms with Gasteiger partial charge < -0.3 is 10.4 Å². The second-order valence-corrected chi connectivity index (χ2v) is 3.60. The Kier molecular flexibility index (Phi) is 2.03. The van der Waals surface area contributed by atoms with Crippen LogP contribution in [0.2, 0.25) is 0 Å². The summed E-state index contributed by atoms with van der Waals surface area (Å²) in [7, 11) is 0. The van der Waals surface area contributed by atoms with Gasteiger partial charge in [0.25, 0.3) is 5.91 Å². The van der Waals surface area contributed by atoms with Crippen LogP contribution in [-0.2, 0) is 9.59 Å². The fourth-order valence-electron chi connectivity index (χ4n) is 1.83. The number of rotatable bonds is 1. The quantitative estimate of drug-likeness (QED) is 0.584. The summed E-state index contributed by atoms with van der Waals surface area (Å²) in [5.41, 5.74) is 0.527. The van der Waals surface area contributed by atoms with Crippen LogP contribution in [0, 0.1) is 0 Å². The topological polar surface area (TPSA) is 69.6 Å². The molecule has 2 aliphatic rings. The fourth-order valence-corrected chi connectivity index (χ4v) is 1.83. The largest absolute Gasteiger partial charge is 0.370 e. The molecule has 5 nitrogen and oxygen atoms in total. The van der Waals surface area contributed by atoms with Crippen LogP contribution < -0.4 is 5.32 Å². The number of amides is 2. The van der Waals surface area contributed by atoms with E-state index in [2.05, 4.69) is 5.32 Å². The van der Waals surface area contributed by atoms with Crippen LogP contribution in [0.4, 0.5) is 0 Å². The van der Waals surface area contributed by atoms with Crippen LogP contribution in [0.1, 0.15) is 19.8 Å². The Morgan fingerprint density at radius 1 is 1.57 bits per heavy atom. The van der Waals surface area contributed by atoms with Crippen LogP contribution in [0.25, 0.3) is 0 Å². The number of nitrogens with zero attached hydrogens (tertiary/aromatic N) is 1. The Hall–Kier alpha value is -1.36. The van der Waals surface area contributed by atoms with Crippen molar-refractivity contribution in [3.8, 4) is 0 Å². The molecule has 1 fully saturated rings. The van der Waals surface area contributed by atoms with Gasteiger partial charge in [-0.05, 0) is 19.4 Å². The maximum Gasteiger partial charge on any atom is 0.253 e. The second kappa shape index (κ2) is 3.09. The monoisotopic (exact) mass is 196 g/mol. The van der Waals surface area contributed by atoms with E-state index in [0.29, 0.717) is 18.4 Å². The van der Waals surface area contributed by atoms with Crippen molar-refractivity contribution in [2.24, 2.45) is 0 Å². The molecule has 0 aliphatic carbocycles. The highest BCUT2D eigenvalue weighted by molar-refractivity contribution is 5.96. The number of carbonyl (C=O) groups excluding carboxylic acids is 2. The van der Waals surface area contributed by atoms with Crippen molar-refractivity contribution in [2.75, 3.05) is 0 Å². The van der Waals surface area contributed by atoms with Gasteiger partial charge in [0.05, 0.1) is 0 Å². The van der Waals surface area contributed by atoms with Gasteiger partial charge in [0.2, 0.25) is 5.91 Å². The normalized spacial score (nSPS) is 32.1. The van der Waals surface area contributed by atoms with Gasteiger partial charge in [0.1, 0.15) is 6.17 Å². The number of carbonyl (C=O) groups is 2. The summed E-state index contributed by atoms with van der Waals surface area (Å²) in [5.74, 6) is -0.274. The van der Waals surface area contributed by atoms with Gasteiger partial charge in [-0.2, -0.15) is 0 Å². The van der Waals surface area contributed by atoms with Gasteiger partial charge in [-0.1, -0.05) is 0 Å². The molecule has 0 radical (unpaired) electrons. The predicted octanol–water partition coefficient (Wildman–Crippen LogP) is -0.671. The Balaban J connectivity index is 2.13. The van der Waals surface area contributed by atoms with Crippen molar-refractivity contribution in [3.63, 3.8) is 0 Å². The van der Waals surface area contributed by atoms with Gasteiger partial charge in [-0.25, -0.2) is 0 Å². The SMILES string of the molecule is CC1=C[C@@H](O)N([C@H]2CCC(=O)N2)C1=O. The first kappa shape index (κ1) is 9.21. The highest BCUT2D eigenvalue weighted by atomic mass is 16.3. The lowest BCUT2D eigenvalue weighted by Crippen LogP contribution is -2.48. The average molecular weight is 196 g/mol. The average Bonchev–Trinajstić information content (AvgIpc) is 2.60. The van der Waals surface area contributed by atoms with Crippen molar-refractivity contribution >= 4 is 11.8 Å². The van der Waals surface area contributed by atoms with Gasteiger partial charge in [0.15, 0.2) is 6.23 Å². The number of aliphatic hydroxyl groups excluding tert-OH is 1. The van der Waals surface area contributed by atoms with Gasteiger partial charge >= 0.3 is 0 Å². The van der Waals surface area contributed by atoms with Crippen molar-refractivity contribution in [1.29, 1.82) is 0 Å². The van der Waals surface area contributed by atoms with E-state index in [1.165, 1.54) is 11.0 Å². The lowest BCUT2D eigenvalue weighted by molar-refractivity contribution is -0.136. The van der Waals surface area contributed by atoms with Crippen LogP contribution in [0.3, 0.4) is 0 Å². The molecule has 14 heavy (non-hydrogen) atoms. The van der Waals surface area contributed by atoms with Crippen molar-refractivity contribution in [3.05, 3.63) is 11.6 Å². The van der Waals surface area contributed by atoms with E-state index in [-0.39, 0.29) is 18.0 Å². The summed E-state index contributed by atoms with van der Waals surface area (Å²) in [6.45, 7) is 1.66. The van der Waals surface area contributed by atoms with E-state index < -0.39 is 6.23 Å². The molecule has 76 valence electrons. The zero-order valence-electron chi connectivity index (χ0n) is 7.86. The molecule has 0 spiro atoms. The van der Waals surface area contributed by atoms with Crippen LogP contribution in [0.15, 0.2) is 11.6 Å². The minimum absolute atomic E-state index is 0.0699. The van der Waals surface area contributed by atoms with Crippen LogP contribution >= 0.6 is 0 Å². The van der Waals surface area contributed by atoms with Crippen LogP contribution in [-0.4, -0.2) is 34.2 Å². The molecule has 2 atom stereocenters. The number of hydrogen-bond donors (Lipinski definition) is 2. The Morgan fingerprint density at radius 3 is 2.71 bits per heavy atom. The summed E-state index contributed by atoms with van der Waals surface area (Å²) in [6.07, 6.45) is 1.24. The van der Waals surface area contributed by atoms with Crippen molar-refractivity contribution in [1.82, 2.24) is 10.2 Å². The molecular formula is C9H12N2O3. The maximum atomic E-state index is 11.6. The molecule has 0 saturated carbocycles. The zero-order chi connectivity index (χ0) is 10.3. The molecular weight excluding hydrogens is 184 g/mol. The summed E-state index contributed by atoms with van der Waals surface area (Å²) >= 11 is 0. The molecule has 0 aromatic rings. The predicted molar refractivity (Wildman–Crippen MR) is 47.8 cm³/mol. The molecule has 5 heteroatoms. The fraction of sp³-hybridized carbons (Fsp3) is 0.556. The summed E-state index contributed by atoms with van der Waals surface area (Å²) in [6, 6.07) is 0. The van der Waals surface area contributed by atoms with Gasteiger partial charge in [-0.15, -0.1) is 0 Å². The van der Waals surface area contributed by atoms with E-state index in [0.717, 1.165) is 0 Å². The highest BCUT2D eigenvalue weighted by Crippen LogP contribution is 2.22. The standard InChI is InChI=1S/C9H12N2O3/c1-5-4-8(13)11(9(5)14)6-2-3-7(12)10-6/h4,6,8,13H,2-3H2,1H3,(H,10,12)/t6-,8+/m0/s1. The molecule has 2 aliphatic heterocycles. The summed E-state index contributed by atoms with van der Waals surface area (Å²) < 4.78 is 0. The molecule has 1 saturated heterocycles. The molecule has 2 N–H and O–H groups in total. The molecule has 0 aromatic carbocycles. The Labute approximate surface area is 81.4 Å². The number of hydrogen-bond acceptors (Lipinski definition) is 3. The third-order valence-electron chi connectivity index (χ3n) is 2.56. The van der Waals surface area contributed by atoms with E-state index in [1.54, 1.807) is 6.92 Å². The van der Waals surface area contributed by atoms with E-state index in [4.69, 9.17) is 0 Å². The summed E-state index contributed by atoms with van der Waals surface area (Å²) in [5, 5.41) is 12.2. The first-order valence-electron chi connectivity index (χ1n) is 4.58. The third kappa shape index (κ3) is 1.29. The van der Waals surface area contributed by atoms with Crippen LogP contribution in [0.5, 0.6) is 0 Å². The first-order chi connectivity index (χ1) is 6.59. The highest BCUT2D eigenvalue weighted by Gasteiger charge is 2.37. The molecule has 0 aromatic heterocycles. The number of aliphatic hydroxyl groups is 1. The maximum absolute atomic E-state index is 11.6. The Bertz CT molecular complexity index is 324. The smallest absolute Gasteiger partial charge is 0.253 e. The lowest BCUT2D eigenvalue weighted by atomic mass is 10.3. The van der Waals surface area contributed by atoms with Crippen molar-refractivity contribution in [2.45, 2.75) is 32.2 Å². The van der Waals surface area contributed by atoms with Crippen molar-refractivity contribution < 1.29 is 14.7 Å². The molecule has 2 rings (SSSR count). The van der Waals surface area contributed by atoms with Gasteiger partial charge in [-0.3, -0.25) is 14.5 Å². The van der Waals surface area contributed by atoms with E-state index >= 15 is 0 Å². The van der Waals surface area contributed by atoms with E-state index in [9.17, 15) is 14.7 Å². The minimum atomic E-state index is -0.897. The zero-order valence-corrected chi connectivity index (χ0v) is 7.86. The molecule has 2 heterocycles. The first-order valence-corrected chi connectivity index (χ1v) is 4.58. The van der Waals surface area contributed by atoms with E-state index in [1.807, 2.05) is 0 Å². The lowest BCUT2D eigenvalue weighted by Gasteiger charge is -2.27. The third-order valence-corrected chi connectivity index (χ3v) is 2.56. The second-order valence-electron chi connectivity index (χ2n) is 3.60. The molecule has 0 bridgehead atoms. The summed E-state index contributed by atoms with van der Waals surface area (Å²) in [4.78, 5) is 23.8. The number of nitrogens with one attached hydrogen (secondary N) is 1. The molecule has 2 amide bonds.